The van der Waals surface area contributed by atoms with E-state index >= 15 is 0 Å². The Kier molecular flexibility index (Phi) is 3.74. The molecule has 1 aromatic heterocycles. The van der Waals surface area contributed by atoms with Crippen LogP contribution in [-0.2, 0) is 4.74 Å². The van der Waals surface area contributed by atoms with Gasteiger partial charge in [0.2, 0.25) is 5.78 Å². The summed E-state index contributed by atoms with van der Waals surface area (Å²) in [5.41, 5.74) is 0. The molecule has 4 heteroatoms. The number of carbonyl (C=O) groups is 1. The lowest BCUT2D eigenvalue weighted by Crippen LogP contribution is -2.39. The Morgan fingerprint density at radius 2 is 2.31 bits per heavy atom. The van der Waals surface area contributed by atoms with E-state index in [4.69, 9.17) is 9.15 Å². The monoisotopic (exact) mass is 223 g/mol. The van der Waals surface area contributed by atoms with E-state index in [9.17, 15) is 4.79 Å². The minimum Gasteiger partial charge on any atom is -0.461 e. The summed E-state index contributed by atoms with van der Waals surface area (Å²) >= 11 is 0. The van der Waals surface area contributed by atoms with Crippen LogP contribution in [0.3, 0.4) is 0 Å². The Bertz CT molecular complexity index is 326. The van der Waals surface area contributed by atoms with Crippen LogP contribution in [0.2, 0.25) is 0 Å². The normalized spacial score (nSPS) is 18.8. The Morgan fingerprint density at radius 3 is 2.88 bits per heavy atom. The molecule has 0 N–H and O–H groups in total. The fraction of sp³-hybridized carbons (Fsp3) is 0.583. The molecule has 1 saturated heterocycles. The SMILES string of the molecule is COC1CCN(CC(=O)c2ccco2)CC1. The highest BCUT2D eigenvalue weighted by molar-refractivity contribution is 5.94. The third-order valence-corrected chi connectivity index (χ3v) is 3.03. The first kappa shape index (κ1) is 11.4. The number of ether oxygens (including phenoxy) is 1. The summed E-state index contributed by atoms with van der Waals surface area (Å²) in [6.07, 6.45) is 3.89. The second kappa shape index (κ2) is 5.27. The molecule has 0 atom stereocenters. The summed E-state index contributed by atoms with van der Waals surface area (Å²) in [7, 11) is 1.74. The summed E-state index contributed by atoms with van der Waals surface area (Å²) in [6, 6.07) is 3.45. The van der Waals surface area contributed by atoms with Gasteiger partial charge in [0.15, 0.2) is 5.76 Å². The molecule has 2 heterocycles. The molecule has 4 nitrogen and oxygen atoms in total. The van der Waals surface area contributed by atoms with Gasteiger partial charge in [0.25, 0.3) is 0 Å². The number of methoxy groups -OCH3 is 1. The maximum absolute atomic E-state index is 11.8. The standard InChI is InChI=1S/C12H17NO3/c1-15-10-4-6-13(7-5-10)9-11(14)12-3-2-8-16-12/h2-3,8,10H,4-7,9H2,1H3. The van der Waals surface area contributed by atoms with Gasteiger partial charge in [0.1, 0.15) is 0 Å². The minimum absolute atomic E-state index is 0.0564. The van der Waals surface area contributed by atoms with Crippen LogP contribution < -0.4 is 0 Å². The number of hydrogen-bond acceptors (Lipinski definition) is 4. The van der Waals surface area contributed by atoms with Gasteiger partial charge in [-0.1, -0.05) is 0 Å². The third-order valence-electron chi connectivity index (χ3n) is 3.03. The van der Waals surface area contributed by atoms with Crippen LogP contribution in [0.15, 0.2) is 22.8 Å². The number of carbonyl (C=O) groups excluding carboxylic acids is 1. The van der Waals surface area contributed by atoms with Crippen molar-refractivity contribution in [3.8, 4) is 0 Å². The van der Waals surface area contributed by atoms with E-state index in [1.807, 2.05) is 0 Å². The van der Waals surface area contributed by atoms with E-state index in [1.54, 1.807) is 19.2 Å². The van der Waals surface area contributed by atoms with E-state index in [2.05, 4.69) is 4.90 Å². The van der Waals surface area contributed by atoms with Crippen LogP contribution >= 0.6 is 0 Å². The third kappa shape index (κ3) is 2.71. The second-order valence-corrected chi connectivity index (χ2v) is 4.11. The van der Waals surface area contributed by atoms with Crippen molar-refractivity contribution < 1.29 is 13.9 Å². The number of rotatable bonds is 4. The number of hydrogen-bond donors (Lipinski definition) is 0. The van der Waals surface area contributed by atoms with E-state index in [1.165, 1.54) is 6.26 Å². The number of nitrogens with zero attached hydrogens (tertiary/aromatic N) is 1. The molecular formula is C12H17NO3. The first-order chi connectivity index (χ1) is 7.79. The van der Waals surface area contributed by atoms with Crippen molar-refractivity contribution in [1.29, 1.82) is 0 Å². The first-order valence-corrected chi connectivity index (χ1v) is 5.61. The highest BCUT2D eigenvalue weighted by Gasteiger charge is 2.21. The van der Waals surface area contributed by atoms with Crippen LogP contribution in [-0.4, -0.2) is 43.5 Å². The summed E-state index contributed by atoms with van der Waals surface area (Å²) in [4.78, 5) is 13.9. The maximum atomic E-state index is 11.8. The Morgan fingerprint density at radius 1 is 1.56 bits per heavy atom. The van der Waals surface area contributed by atoms with E-state index in [-0.39, 0.29) is 5.78 Å². The fourth-order valence-electron chi connectivity index (χ4n) is 2.02. The number of piperidine rings is 1. The zero-order chi connectivity index (χ0) is 11.4. The predicted molar refractivity (Wildman–Crippen MR) is 59.5 cm³/mol. The molecule has 16 heavy (non-hydrogen) atoms. The van der Waals surface area contributed by atoms with Crippen molar-refractivity contribution in [1.82, 2.24) is 4.90 Å². The van der Waals surface area contributed by atoms with Gasteiger partial charge in [-0.25, -0.2) is 0 Å². The van der Waals surface area contributed by atoms with Crippen molar-refractivity contribution in [3.63, 3.8) is 0 Å². The van der Waals surface area contributed by atoms with Crippen molar-refractivity contribution in [3.05, 3.63) is 24.2 Å². The zero-order valence-corrected chi connectivity index (χ0v) is 9.52. The molecule has 2 rings (SSSR count). The molecule has 0 bridgehead atoms. The van der Waals surface area contributed by atoms with Gasteiger partial charge < -0.3 is 9.15 Å². The van der Waals surface area contributed by atoms with Gasteiger partial charge in [-0.05, 0) is 25.0 Å². The summed E-state index contributed by atoms with van der Waals surface area (Å²) in [5, 5.41) is 0. The van der Waals surface area contributed by atoms with Crippen LogP contribution in [0, 0.1) is 0 Å². The van der Waals surface area contributed by atoms with Gasteiger partial charge in [0.05, 0.1) is 18.9 Å². The van der Waals surface area contributed by atoms with Crippen molar-refractivity contribution in [2.75, 3.05) is 26.7 Å². The smallest absolute Gasteiger partial charge is 0.211 e. The second-order valence-electron chi connectivity index (χ2n) is 4.11. The largest absolute Gasteiger partial charge is 0.461 e. The van der Waals surface area contributed by atoms with Gasteiger partial charge in [-0.2, -0.15) is 0 Å². The van der Waals surface area contributed by atoms with Crippen LogP contribution in [0.25, 0.3) is 0 Å². The Labute approximate surface area is 95.2 Å². The average molecular weight is 223 g/mol. The van der Waals surface area contributed by atoms with Crippen molar-refractivity contribution in [2.24, 2.45) is 0 Å². The lowest BCUT2D eigenvalue weighted by Gasteiger charge is -2.30. The van der Waals surface area contributed by atoms with E-state index in [0.29, 0.717) is 18.4 Å². The first-order valence-electron chi connectivity index (χ1n) is 5.61. The molecule has 0 spiro atoms. The quantitative estimate of drug-likeness (QED) is 0.727. The number of Topliss-reactive ketones (excluding diaryl/α,β-unsaturated/α-hetero) is 1. The fourth-order valence-corrected chi connectivity index (χ4v) is 2.02. The zero-order valence-electron chi connectivity index (χ0n) is 9.52. The van der Waals surface area contributed by atoms with Gasteiger partial charge in [0, 0.05) is 20.2 Å². The molecule has 1 fully saturated rings. The minimum atomic E-state index is 0.0564. The lowest BCUT2D eigenvalue weighted by atomic mass is 10.1. The number of furan rings is 1. The van der Waals surface area contributed by atoms with Crippen molar-refractivity contribution in [2.45, 2.75) is 18.9 Å². The molecule has 0 aromatic carbocycles. The van der Waals surface area contributed by atoms with Gasteiger partial charge >= 0.3 is 0 Å². The van der Waals surface area contributed by atoms with Crippen LogP contribution in [0.5, 0.6) is 0 Å². The topological polar surface area (TPSA) is 42.7 Å². The molecule has 1 aromatic rings. The molecule has 0 radical (unpaired) electrons. The number of ketones is 1. The Balaban J connectivity index is 1.81. The average Bonchev–Trinajstić information content (AvgIpc) is 2.83. The molecule has 88 valence electrons. The summed E-state index contributed by atoms with van der Waals surface area (Å²) < 4.78 is 10.4. The molecule has 1 aliphatic rings. The highest BCUT2D eigenvalue weighted by Crippen LogP contribution is 2.13. The summed E-state index contributed by atoms with van der Waals surface area (Å²) in [5.74, 6) is 0.509. The van der Waals surface area contributed by atoms with Gasteiger partial charge in [-0.15, -0.1) is 0 Å². The molecule has 1 aliphatic heterocycles. The molecule has 0 saturated carbocycles. The molecule has 0 aliphatic carbocycles. The van der Waals surface area contributed by atoms with Crippen LogP contribution in [0.4, 0.5) is 0 Å². The molecule has 0 amide bonds. The van der Waals surface area contributed by atoms with E-state index in [0.717, 1.165) is 25.9 Å². The lowest BCUT2D eigenvalue weighted by molar-refractivity contribution is 0.0397. The molecular weight excluding hydrogens is 206 g/mol. The maximum Gasteiger partial charge on any atom is 0.211 e. The van der Waals surface area contributed by atoms with Crippen LogP contribution in [0.1, 0.15) is 23.4 Å². The van der Waals surface area contributed by atoms with E-state index < -0.39 is 0 Å². The van der Waals surface area contributed by atoms with Crippen molar-refractivity contribution >= 4 is 5.78 Å². The predicted octanol–water partition coefficient (Wildman–Crippen LogP) is 1.57. The van der Waals surface area contributed by atoms with Gasteiger partial charge in [-0.3, -0.25) is 9.69 Å². The Hall–Kier alpha value is -1.13. The molecule has 0 unspecified atom stereocenters. The number of likely N-dealkylation sites (tertiary alicyclic amines) is 1. The highest BCUT2D eigenvalue weighted by atomic mass is 16.5. The summed E-state index contributed by atoms with van der Waals surface area (Å²) in [6.45, 7) is 2.29.